The van der Waals surface area contributed by atoms with E-state index in [-0.39, 0.29) is 71.8 Å². The van der Waals surface area contributed by atoms with E-state index in [2.05, 4.69) is 92.0 Å². The van der Waals surface area contributed by atoms with Crippen molar-refractivity contribution >= 4 is 46.4 Å². The van der Waals surface area contributed by atoms with Gasteiger partial charge in [-0.25, -0.2) is 4.98 Å². The van der Waals surface area contributed by atoms with E-state index in [1.807, 2.05) is 56.3 Å². The van der Waals surface area contributed by atoms with Gasteiger partial charge in [-0.1, -0.05) is 103 Å². The molecule has 3 amide bonds. The molecule has 0 unspecified atom stereocenters. The lowest BCUT2D eigenvalue weighted by Gasteiger charge is -2.65. The number of aliphatic hydroxyl groups is 1. The van der Waals surface area contributed by atoms with Gasteiger partial charge in [-0.2, -0.15) is 5.26 Å². The van der Waals surface area contributed by atoms with E-state index in [9.17, 15) is 29.5 Å². The van der Waals surface area contributed by atoms with Crippen LogP contribution in [0.5, 0.6) is 5.75 Å². The highest BCUT2D eigenvalue weighted by Gasteiger charge is 2.67. The summed E-state index contributed by atoms with van der Waals surface area (Å²) in [6, 6.07) is 19.9. The first-order chi connectivity index (χ1) is 34.1. The molecule has 8 rings (SSSR count). The first-order valence-corrected chi connectivity index (χ1v) is 26.6. The molecule has 2 N–H and O–H groups in total. The van der Waals surface area contributed by atoms with Crippen LogP contribution >= 0.6 is 22.9 Å². The lowest BCUT2D eigenvalue weighted by Crippen LogP contribution is -2.74. The number of fused-ring (bicyclic) bond motifs is 1. The molecule has 3 fully saturated rings. The zero-order valence-electron chi connectivity index (χ0n) is 43.2. The van der Waals surface area contributed by atoms with Gasteiger partial charge in [0.25, 0.3) is 5.91 Å². The van der Waals surface area contributed by atoms with Gasteiger partial charge in [-0.3, -0.25) is 19.2 Å². The summed E-state index contributed by atoms with van der Waals surface area (Å²) < 4.78 is 6.48. The summed E-state index contributed by atoms with van der Waals surface area (Å²) in [5.74, 6) is 7.31. The predicted molar refractivity (Wildman–Crippen MR) is 281 cm³/mol. The fourth-order valence-electron chi connectivity index (χ4n) is 12.1. The standard InChI is InChI=1S/C58H69ClN6O6S/c1-35(39-17-19-40(20-18-39)50-36(2)61-34-72-50)12-10-15-48(67)47-27-43(66)33-64(47)53(70)51(56(3,4)5)62-49(68)24-25-63-30-38(31-63)14-11-13-37-16-23-45-42(26-37)32-65(52(45)69)54-57(6,7)55(58(54,8)9)71-44-22-21-41(29-60)46(59)28-44/h16-23,26,28,34-35,38,43,47,51,54-55,66H,10,12,14-15,24-25,27,30-33H2,1-9H3,(H,62,68)/t35-,43-,47+,51-,54?,55?/m1/s1. The second-order valence-electron chi connectivity index (χ2n) is 22.9. The number of aryl methyl sites for hydroxylation is 1. The highest BCUT2D eigenvalue weighted by atomic mass is 35.5. The number of likely N-dealkylation sites (tertiary alicyclic amines) is 2. The minimum atomic E-state index is -0.854. The monoisotopic (exact) mass is 1010 g/mol. The Bertz CT molecular complexity index is 2790. The average molecular weight is 1010 g/mol. The summed E-state index contributed by atoms with van der Waals surface area (Å²) >= 11 is 7.94. The van der Waals surface area contributed by atoms with Gasteiger partial charge < -0.3 is 29.9 Å². The molecule has 1 aliphatic carbocycles. The van der Waals surface area contributed by atoms with Crippen LogP contribution in [0.4, 0.5) is 0 Å². The number of nitrogens with one attached hydrogen (secondary N) is 1. The lowest BCUT2D eigenvalue weighted by atomic mass is 9.49. The fourth-order valence-corrected chi connectivity index (χ4v) is 13.1. The van der Waals surface area contributed by atoms with E-state index in [1.54, 1.807) is 29.5 Å². The van der Waals surface area contributed by atoms with E-state index in [0.29, 0.717) is 60.2 Å². The number of thiazole rings is 1. The van der Waals surface area contributed by atoms with Crippen molar-refractivity contribution in [3.63, 3.8) is 0 Å². The van der Waals surface area contributed by atoms with Crippen LogP contribution in [-0.4, -0.2) is 105 Å². The van der Waals surface area contributed by atoms with Gasteiger partial charge in [-0.15, -0.1) is 11.3 Å². The molecular weight excluding hydrogens is 944 g/mol. The van der Waals surface area contributed by atoms with Crippen molar-refractivity contribution < 1.29 is 29.0 Å². The van der Waals surface area contributed by atoms with Crippen molar-refractivity contribution in [3.8, 4) is 34.1 Å². The second kappa shape index (κ2) is 21.1. The van der Waals surface area contributed by atoms with Crippen LogP contribution in [-0.2, 0) is 20.9 Å². The van der Waals surface area contributed by atoms with E-state index in [0.717, 1.165) is 41.9 Å². The van der Waals surface area contributed by atoms with Crippen LogP contribution in [0.25, 0.3) is 10.4 Å². The molecule has 12 nitrogen and oxygen atoms in total. The average Bonchev–Trinajstić information content (AvgIpc) is 4.02. The number of aromatic nitrogens is 1. The van der Waals surface area contributed by atoms with Gasteiger partial charge in [0, 0.05) is 92.5 Å². The molecule has 1 saturated carbocycles. The van der Waals surface area contributed by atoms with E-state index in [4.69, 9.17) is 16.3 Å². The first kappa shape index (κ1) is 52.7. The molecule has 3 aliphatic heterocycles. The summed E-state index contributed by atoms with van der Waals surface area (Å²) in [6.07, 6.45) is 1.95. The highest BCUT2D eigenvalue weighted by molar-refractivity contribution is 7.13. The van der Waals surface area contributed by atoms with Crippen molar-refractivity contribution in [1.29, 1.82) is 5.26 Å². The number of aliphatic hydroxyl groups excluding tert-OH is 1. The molecule has 4 heterocycles. The largest absolute Gasteiger partial charge is 0.489 e. The maximum atomic E-state index is 14.2. The molecule has 3 aromatic carbocycles. The molecule has 0 spiro atoms. The molecular formula is C58H69ClN6O6S. The van der Waals surface area contributed by atoms with Crippen molar-refractivity contribution in [1.82, 2.24) is 25.0 Å². The summed E-state index contributed by atoms with van der Waals surface area (Å²) in [4.78, 5) is 66.4. The third-order valence-corrected chi connectivity index (χ3v) is 16.8. The van der Waals surface area contributed by atoms with Crippen LogP contribution in [0.15, 0.2) is 66.2 Å². The zero-order valence-corrected chi connectivity index (χ0v) is 44.8. The third-order valence-electron chi connectivity index (χ3n) is 15.5. The number of carbonyl (C=O) groups is 4. The number of benzene rings is 3. The van der Waals surface area contributed by atoms with Gasteiger partial charge in [0.1, 0.15) is 24.0 Å². The van der Waals surface area contributed by atoms with Crippen LogP contribution < -0.4 is 10.1 Å². The lowest BCUT2D eigenvalue weighted by molar-refractivity contribution is -0.199. The molecule has 1 aromatic heterocycles. The SMILES string of the molecule is Cc1ncsc1-c1ccc([C@H](C)CCCC(=O)[C@@H]2C[C@@H](O)CN2C(=O)[C@@H](NC(=O)CCN2CC(CC#Cc3ccc4c(c3)CN(C3C(C)(C)C(Oc5ccc(C#N)c(Cl)c5)C3(C)C)C4=O)C2)C(C)(C)C)cc1. The summed E-state index contributed by atoms with van der Waals surface area (Å²) in [5.41, 5.74) is 6.83. The highest BCUT2D eigenvalue weighted by Crippen LogP contribution is 2.59. The fraction of sp³-hybridized carbons (Fsp3) is 0.517. The molecule has 72 heavy (non-hydrogen) atoms. The molecule has 2 saturated heterocycles. The Kier molecular flexibility index (Phi) is 15.5. The molecule has 380 valence electrons. The Hall–Kier alpha value is -5.57. The van der Waals surface area contributed by atoms with Gasteiger partial charge in [0.15, 0.2) is 5.78 Å². The number of nitriles is 1. The minimum Gasteiger partial charge on any atom is -0.489 e. The number of β-amino-alcohol motifs (C(OH)–C–C–N with tert-alkyl or cyclic N) is 1. The quantitative estimate of drug-likeness (QED) is 0.104. The zero-order chi connectivity index (χ0) is 51.9. The number of carbonyl (C=O) groups excluding carboxylic acids is 4. The van der Waals surface area contributed by atoms with E-state index >= 15 is 0 Å². The Labute approximate surface area is 434 Å². The maximum absolute atomic E-state index is 14.2. The number of Topliss-reactive ketones (excluding diaryl/α,β-unsaturated/α-hetero) is 1. The number of ether oxygens (including phenoxy) is 1. The van der Waals surface area contributed by atoms with Gasteiger partial charge >= 0.3 is 0 Å². The number of ketones is 1. The second-order valence-corrected chi connectivity index (χ2v) is 24.2. The summed E-state index contributed by atoms with van der Waals surface area (Å²) in [7, 11) is 0. The predicted octanol–water partition coefficient (Wildman–Crippen LogP) is 9.58. The number of hydrogen-bond donors (Lipinski definition) is 2. The molecule has 14 heteroatoms. The summed E-state index contributed by atoms with van der Waals surface area (Å²) in [6.45, 7) is 21.2. The Balaban J connectivity index is 0.772. The Morgan fingerprint density at radius 2 is 1.74 bits per heavy atom. The van der Waals surface area contributed by atoms with Crippen molar-refractivity contribution in [2.24, 2.45) is 22.2 Å². The number of nitrogens with zero attached hydrogens (tertiary/aromatic N) is 5. The molecule has 4 atom stereocenters. The number of halogens is 1. The van der Waals surface area contributed by atoms with Gasteiger partial charge in [-0.05, 0) is 84.0 Å². The topological polar surface area (TPSA) is 156 Å². The number of amides is 3. The van der Waals surface area contributed by atoms with Crippen molar-refractivity contribution in [2.75, 3.05) is 26.2 Å². The molecule has 4 aliphatic rings. The number of hydrogen-bond acceptors (Lipinski definition) is 10. The minimum absolute atomic E-state index is 0.0137. The van der Waals surface area contributed by atoms with E-state index in [1.165, 1.54) is 15.3 Å². The Morgan fingerprint density at radius 3 is 2.39 bits per heavy atom. The van der Waals surface area contributed by atoms with Crippen LogP contribution in [0.1, 0.15) is 138 Å². The molecule has 0 radical (unpaired) electrons. The number of rotatable bonds is 16. The molecule has 0 bridgehead atoms. The van der Waals surface area contributed by atoms with Crippen molar-refractivity contribution in [2.45, 2.75) is 144 Å². The van der Waals surface area contributed by atoms with Crippen molar-refractivity contribution in [3.05, 3.63) is 105 Å². The van der Waals surface area contributed by atoms with Crippen LogP contribution in [0.3, 0.4) is 0 Å². The van der Waals surface area contributed by atoms with Crippen LogP contribution in [0.2, 0.25) is 5.02 Å². The normalized spacial score (nSPS) is 22.2. The first-order valence-electron chi connectivity index (χ1n) is 25.4. The third kappa shape index (κ3) is 11.0. The van der Waals surface area contributed by atoms with Crippen LogP contribution in [0, 0.1) is 52.3 Å². The summed E-state index contributed by atoms with van der Waals surface area (Å²) in [5, 5.41) is 23.3. The smallest absolute Gasteiger partial charge is 0.254 e. The van der Waals surface area contributed by atoms with Gasteiger partial charge in [0.2, 0.25) is 11.8 Å². The molecule has 4 aromatic rings. The Morgan fingerprint density at radius 1 is 1.01 bits per heavy atom. The maximum Gasteiger partial charge on any atom is 0.254 e. The van der Waals surface area contributed by atoms with E-state index < -0.39 is 23.6 Å². The van der Waals surface area contributed by atoms with Gasteiger partial charge in [0.05, 0.1) is 38.8 Å².